The number of hydrogen-bond acceptors (Lipinski definition) is 6. The Morgan fingerprint density at radius 3 is 1.92 bits per heavy atom. The smallest absolute Gasteiger partial charge is 0.320 e. The molecule has 0 saturated carbocycles. The number of methoxy groups -OCH3 is 2. The number of ether oxygens (including phenoxy) is 2. The van der Waals surface area contributed by atoms with Crippen molar-refractivity contribution < 1.29 is 23.9 Å². The summed E-state index contributed by atoms with van der Waals surface area (Å²) in [5.74, 6) is -3.21. The van der Waals surface area contributed by atoms with Crippen LogP contribution in [-0.2, 0) is 23.9 Å². The largest absolute Gasteiger partial charge is 0.468 e. The summed E-state index contributed by atoms with van der Waals surface area (Å²) in [7, 11) is 2.43. The Morgan fingerprint density at radius 1 is 1.00 bits per heavy atom. The van der Waals surface area contributed by atoms with Crippen molar-refractivity contribution in [2.45, 2.75) is 37.9 Å². The summed E-state index contributed by atoms with van der Waals surface area (Å²) >= 11 is 1.19. The molecule has 0 N–H and O–H groups in total. The first-order valence-corrected chi connectivity index (χ1v) is 8.43. The highest BCUT2D eigenvalue weighted by molar-refractivity contribution is 8.14. The summed E-state index contributed by atoms with van der Waals surface area (Å²) in [5.41, 5.74) is 0.723. The monoisotopic (exact) mass is 352 g/mol. The molecule has 5 nitrogen and oxygen atoms in total. The van der Waals surface area contributed by atoms with E-state index >= 15 is 0 Å². The lowest BCUT2D eigenvalue weighted by molar-refractivity contribution is -0.160. The van der Waals surface area contributed by atoms with Gasteiger partial charge in [0.2, 0.25) is 0 Å². The van der Waals surface area contributed by atoms with E-state index in [1.54, 1.807) is 24.3 Å². The average molecular weight is 352 g/mol. The highest BCUT2D eigenvalue weighted by Gasteiger charge is 2.39. The molecule has 0 amide bonds. The third kappa shape index (κ3) is 6.00. The van der Waals surface area contributed by atoms with Crippen LogP contribution in [0.25, 0.3) is 0 Å². The molecule has 132 valence electrons. The van der Waals surface area contributed by atoms with Gasteiger partial charge in [-0.3, -0.25) is 14.4 Å². The molecule has 0 aliphatic heterocycles. The van der Waals surface area contributed by atoms with Crippen LogP contribution in [0.1, 0.15) is 38.7 Å². The normalized spacial score (nSPS) is 12.6. The predicted octanol–water partition coefficient (Wildman–Crippen LogP) is 3.18. The molecule has 0 aliphatic rings. The van der Waals surface area contributed by atoms with E-state index in [1.165, 1.54) is 26.0 Å². The maximum absolute atomic E-state index is 12.4. The zero-order valence-electron chi connectivity index (χ0n) is 14.7. The SMILES string of the molecule is COC(=O)C(C(=O)OC)[C@H](CC(=O)SC(C)(C)C)c1ccccc1. The first-order valence-electron chi connectivity index (χ1n) is 7.62. The summed E-state index contributed by atoms with van der Waals surface area (Å²) in [6, 6.07) is 9.01. The van der Waals surface area contributed by atoms with Crippen LogP contribution in [0.3, 0.4) is 0 Å². The molecule has 1 aromatic rings. The molecule has 1 rings (SSSR count). The van der Waals surface area contributed by atoms with Crippen molar-refractivity contribution in [1.82, 2.24) is 0 Å². The number of thioether (sulfide) groups is 1. The quantitative estimate of drug-likeness (QED) is 0.578. The van der Waals surface area contributed by atoms with Gasteiger partial charge in [0.25, 0.3) is 0 Å². The van der Waals surface area contributed by atoms with Crippen molar-refractivity contribution in [2.24, 2.45) is 5.92 Å². The van der Waals surface area contributed by atoms with Crippen molar-refractivity contribution in [3.8, 4) is 0 Å². The van der Waals surface area contributed by atoms with E-state index in [4.69, 9.17) is 9.47 Å². The van der Waals surface area contributed by atoms with Gasteiger partial charge in [0.15, 0.2) is 11.0 Å². The summed E-state index contributed by atoms with van der Waals surface area (Å²) in [4.78, 5) is 36.7. The van der Waals surface area contributed by atoms with Gasteiger partial charge in [0.1, 0.15) is 0 Å². The number of hydrogen-bond donors (Lipinski definition) is 0. The number of carbonyl (C=O) groups excluding carboxylic acids is 3. The highest BCUT2D eigenvalue weighted by atomic mass is 32.2. The number of benzene rings is 1. The van der Waals surface area contributed by atoms with Crippen molar-refractivity contribution in [1.29, 1.82) is 0 Å². The Balaban J connectivity index is 3.19. The van der Waals surface area contributed by atoms with Crippen LogP contribution in [0.5, 0.6) is 0 Å². The number of carbonyl (C=O) groups is 3. The van der Waals surface area contributed by atoms with E-state index < -0.39 is 23.8 Å². The fraction of sp³-hybridized carbons (Fsp3) is 0.500. The van der Waals surface area contributed by atoms with Crippen LogP contribution >= 0.6 is 11.8 Å². The molecule has 24 heavy (non-hydrogen) atoms. The first kappa shape index (κ1) is 20.2. The van der Waals surface area contributed by atoms with Crippen molar-refractivity contribution in [3.63, 3.8) is 0 Å². The number of rotatable bonds is 6. The Kier molecular flexibility index (Phi) is 7.48. The zero-order chi connectivity index (χ0) is 18.3. The maximum atomic E-state index is 12.4. The molecule has 0 unspecified atom stereocenters. The minimum absolute atomic E-state index is 0.0425. The van der Waals surface area contributed by atoms with Gasteiger partial charge in [-0.05, 0) is 5.56 Å². The average Bonchev–Trinajstić information content (AvgIpc) is 2.52. The zero-order valence-corrected chi connectivity index (χ0v) is 15.5. The van der Waals surface area contributed by atoms with Gasteiger partial charge < -0.3 is 9.47 Å². The van der Waals surface area contributed by atoms with Gasteiger partial charge in [-0.2, -0.15) is 0 Å². The Labute approximate surface area is 147 Å². The summed E-state index contributed by atoms with van der Waals surface area (Å²) in [5, 5.41) is -0.0887. The Hall–Kier alpha value is -1.82. The van der Waals surface area contributed by atoms with Gasteiger partial charge in [-0.25, -0.2) is 0 Å². The molecule has 0 fully saturated rings. The molecule has 0 radical (unpaired) electrons. The predicted molar refractivity (Wildman–Crippen MR) is 93.7 cm³/mol. The molecule has 0 aliphatic carbocycles. The van der Waals surface area contributed by atoms with Gasteiger partial charge in [0, 0.05) is 17.1 Å². The number of esters is 2. The van der Waals surface area contributed by atoms with Gasteiger partial charge in [-0.1, -0.05) is 62.9 Å². The van der Waals surface area contributed by atoms with Crippen LogP contribution < -0.4 is 0 Å². The van der Waals surface area contributed by atoms with Crippen molar-refractivity contribution in [2.75, 3.05) is 14.2 Å². The molecule has 0 heterocycles. The topological polar surface area (TPSA) is 69.7 Å². The van der Waals surface area contributed by atoms with E-state index in [0.29, 0.717) is 0 Å². The van der Waals surface area contributed by atoms with Gasteiger partial charge in [-0.15, -0.1) is 0 Å². The lowest BCUT2D eigenvalue weighted by Gasteiger charge is -2.24. The molecule has 0 spiro atoms. The van der Waals surface area contributed by atoms with Crippen molar-refractivity contribution >= 4 is 28.8 Å². The van der Waals surface area contributed by atoms with Crippen LogP contribution in [0.4, 0.5) is 0 Å². The Morgan fingerprint density at radius 2 is 1.50 bits per heavy atom. The molecular formula is C18H24O5S. The second-order valence-electron chi connectivity index (χ2n) is 6.33. The van der Waals surface area contributed by atoms with E-state index in [2.05, 4.69) is 0 Å². The van der Waals surface area contributed by atoms with Gasteiger partial charge in [0.05, 0.1) is 14.2 Å². The van der Waals surface area contributed by atoms with E-state index in [9.17, 15) is 14.4 Å². The lowest BCUT2D eigenvalue weighted by Crippen LogP contribution is -2.33. The second kappa shape index (κ2) is 8.87. The molecular weight excluding hydrogens is 328 g/mol. The minimum Gasteiger partial charge on any atom is -0.468 e. The fourth-order valence-corrected chi connectivity index (χ4v) is 3.32. The second-order valence-corrected chi connectivity index (χ2v) is 8.22. The van der Waals surface area contributed by atoms with Crippen molar-refractivity contribution in [3.05, 3.63) is 35.9 Å². The summed E-state index contributed by atoms with van der Waals surface area (Å²) < 4.78 is 9.28. The third-order valence-electron chi connectivity index (χ3n) is 3.35. The molecule has 1 atom stereocenters. The third-order valence-corrected chi connectivity index (χ3v) is 4.35. The van der Waals surface area contributed by atoms with Gasteiger partial charge >= 0.3 is 11.9 Å². The molecule has 0 saturated heterocycles. The molecule has 0 bridgehead atoms. The standard InChI is InChI=1S/C18H24O5S/c1-18(2,3)24-14(19)11-13(12-9-7-6-8-10-12)15(16(20)22-4)17(21)23-5/h6-10,13,15H,11H2,1-5H3/t13-/m1/s1. The first-order chi connectivity index (χ1) is 11.2. The minimum atomic E-state index is -1.17. The van der Waals surface area contributed by atoms with Crippen LogP contribution in [-0.4, -0.2) is 36.0 Å². The van der Waals surface area contributed by atoms with E-state index in [0.717, 1.165) is 5.56 Å². The fourth-order valence-electron chi connectivity index (χ4n) is 2.37. The molecule has 0 aromatic heterocycles. The van der Waals surface area contributed by atoms with Crippen LogP contribution in [0.2, 0.25) is 0 Å². The van der Waals surface area contributed by atoms with E-state index in [-0.39, 0.29) is 16.3 Å². The lowest BCUT2D eigenvalue weighted by atomic mass is 9.83. The molecule has 1 aromatic carbocycles. The summed E-state index contributed by atoms with van der Waals surface area (Å²) in [6.45, 7) is 5.81. The highest BCUT2D eigenvalue weighted by Crippen LogP contribution is 2.35. The maximum Gasteiger partial charge on any atom is 0.320 e. The van der Waals surface area contributed by atoms with Crippen LogP contribution in [0.15, 0.2) is 30.3 Å². The summed E-state index contributed by atoms with van der Waals surface area (Å²) in [6.07, 6.45) is 0.0425. The Bertz CT molecular complexity index is 561. The van der Waals surface area contributed by atoms with Crippen LogP contribution in [0, 0.1) is 5.92 Å². The van der Waals surface area contributed by atoms with E-state index in [1.807, 2.05) is 26.8 Å². The molecule has 6 heteroatoms.